The highest BCUT2D eigenvalue weighted by molar-refractivity contribution is 7.92. The van der Waals surface area contributed by atoms with Crippen LogP contribution in [0.2, 0.25) is 5.02 Å². The van der Waals surface area contributed by atoms with Gasteiger partial charge in [0.25, 0.3) is 10.0 Å². The molecule has 0 radical (unpaired) electrons. The molecule has 4 aromatic carbocycles. The minimum absolute atomic E-state index is 0.00242. The summed E-state index contributed by atoms with van der Waals surface area (Å²) < 4.78 is 48.2. The maximum absolute atomic E-state index is 14.4. The molecule has 0 aliphatic rings. The fourth-order valence-electron chi connectivity index (χ4n) is 4.77. The predicted octanol–water partition coefficient (Wildman–Crippen LogP) is 6.10. The fraction of sp³-hybridized carbons (Fsp3) is 0.257. The van der Waals surface area contributed by atoms with Crippen molar-refractivity contribution in [3.05, 3.63) is 125 Å². The number of sulfonamides is 1. The molecule has 1 N–H and O–H groups in total. The van der Waals surface area contributed by atoms with Crippen molar-refractivity contribution >= 4 is 39.1 Å². The molecular weight excluding hydrogens is 629 g/mol. The third-order valence-electron chi connectivity index (χ3n) is 7.26. The van der Waals surface area contributed by atoms with Gasteiger partial charge in [-0.2, -0.15) is 0 Å². The molecule has 4 aromatic rings. The summed E-state index contributed by atoms with van der Waals surface area (Å²) in [5, 5.41) is 3.46. The molecule has 1 atom stereocenters. The number of carbonyl (C=O) groups excluding carboxylic acids is 2. The summed E-state index contributed by atoms with van der Waals surface area (Å²) in [4.78, 5) is 29.5. The number of amides is 2. The van der Waals surface area contributed by atoms with E-state index in [0.717, 1.165) is 22.0 Å². The molecule has 0 saturated carbocycles. The Morgan fingerprint density at radius 2 is 1.50 bits per heavy atom. The number of methoxy groups -OCH3 is 1. The number of nitrogens with zero attached hydrogens (tertiary/aromatic N) is 2. The Morgan fingerprint density at radius 1 is 0.870 bits per heavy atom. The molecule has 2 amide bonds. The average Bonchev–Trinajstić information content (AvgIpc) is 3.05. The Hall–Kier alpha value is -4.41. The highest BCUT2D eigenvalue weighted by Gasteiger charge is 2.34. The Balaban J connectivity index is 1.79. The zero-order valence-corrected chi connectivity index (χ0v) is 27.5. The van der Waals surface area contributed by atoms with Crippen molar-refractivity contribution in [3.8, 4) is 5.75 Å². The van der Waals surface area contributed by atoms with E-state index < -0.39 is 34.3 Å². The van der Waals surface area contributed by atoms with Crippen molar-refractivity contribution < 1.29 is 27.1 Å². The van der Waals surface area contributed by atoms with E-state index in [1.807, 2.05) is 44.2 Å². The van der Waals surface area contributed by atoms with Crippen LogP contribution in [0.15, 0.2) is 108 Å². The van der Waals surface area contributed by atoms with Gasteiger partial charge in [-0.25, -0.2) is 12.8 Å². The number of ether oxygens (including phenoxy) is 1. The molecule has 4 rings (SSSR count). The van der Waals surface area contributed by atoms with Gasteiger partial charge in [-0.3, -0.25) is 13.9 Å². The van der Waals surface area contributed by atoms with Gasteiger partial charge in [0.2, 0.25) is 11.8 Å². The molecule has 0 spiro atoms. The smallest absolute Gasteiger partial charge is 0.264 e. The molecule has 0 unspecified atom stereocenters. The van der Waals surface area contributed by atoms with E-state index in [4.69, 9.17) is 16.3 Å². The van der Waals surface area contributed by atoms with E-state index in [1.54, 1.807) is 24.3 Å². The van der Waals surface area contributed by atoms with E-state index in [-0.39, 0.29) is 35.4 Å². The minimum atomic E-state index is -4.34. The summed E-state index contributed by atoms with van der Waals surface area (Å²) in [5.41, 5.74) is 1.60. The molecule has 242 valence electrons. The van der Waals surface area contributed by atoms with Crippen molar-refractivity contribution in [3.63, 3.8) is 0 Å². The van der Waals surface area contributed by atoms with Crippen molar-refractivity contribution in [1.29, 1.82) is 0 Å². The van der Waals surface area contributed by atoms with Gasteiger partial charge < -0.3 is 15.0 Å². The predicted molar refractivity (Wildman–Crippen MR) is 178 cm³/mol. The van der Waals surface area contributed by atoms with Gasteiger partial charge >= 0.3 is 0 Å². The van der Waals surface area contributed by atoms with E-state index in [0.29, 0.717) is 22.9 Å². The Kier molecular flexibility index (Phi) is 11.8. The molecule has 0 bridgehead atoms. The summed E-state index contributed by atoms with van der Waals surface area (Å²) in [6, 6.07) is 25.8. The summed E-state index contributed by atoms with van der Waals surface area (Å²) >= 11 is 6.12. The first-order valence-corrected chi connectivity index (χ1v) is 16.6. The van der Waals surface area contributed by atoms with Gasteiger partial charge in [0.1, 0.15) is 24.2 Å². The lowest BCUT2D eigenvalue weighted by Gasteiger charge is -2.34. The normalized spacial score (nSPS) is 12.0. The second-order valence-corrected chi connectivity index (χ2v) is 13.5. The number of rotatable bonds is 14. The number of halogens is 2. The van der Waals surface area contributed by atoms with Gasteiger partial charge in [0, 0.05) is 24.5 Å². The first kappa shape index (κ1) is 34.5. The van der Waals surface area contributed by atoms with Crippen LogP contribution >= 0.6 is 11.6 Å². The van der Waals surface area contributed by atoms with Crippen LogP contribution in [0.3, 0.4) is 0 Å². The molecule has 0 saturated heterocycles. The van der Waals surface area contributed by atoms with Crippen LogP contribution in [0.5, 0.6) is 5.75 Å². The highest BCUT2D eigenvalue weighted by Crippen LogP contribution is 2.27. The van der Waals surface area contributed by atoms with Crippen molar-refractivity contribution in [2.24, 2.45) is 5.92 Å². The number of hydrogen-bond donors (Lipinski definition) is 1. The number of nitrogens with one attached hydrogen (secondary N) is 1. The van der Waals surface area contributed by atoms with Crippen LogP contribution in [0.1, 0.15) is 25.0 Å². The van der Waals surface area contributed by atoms with E-state index in [1.165, 1.54) is 48.4 Å². The van der Waals surface area contributed by atoms with E-state index in [9.17, 15) is 22.4 Å². The molecule has 0 aliphatic carbocycles. The number of carbonyl (C=O) groups is 2. The van der Waals surface area contributed by atoms with E-state index >= 15 is 0 Å². The minimum Gasteiger partial charge on any atom is -0.497 e. The second kappa shape index (κ2) is 15.7. The third kappa shape index (κ3) is 9.08. The maximum Gasteiger partial charge on any atom is 0.264 e. The lowest BCUT2D eigenvalue weighted by atomic mass is 10.0. The van der Waals surface area contributed by atoms with Gasteiger partial charge in [-0.05, 0) is 77.7 Å². The van der Waals surface area contributed by atoms with Crippen LogP contribution in [-0.4, -0.2) is 51.4 Å². The van der Waals surface area contributed by atoms with Crippen LogP contribution in [0.25, 0.3) is 0 Å². The summed E-state index contributed by atoms with van der Waals surface area (Å²) in [6.45, 7) is 3.67. The van der Waals surface area contributed by atoms with Gasteiger partial charge in [-0.1, -0.05) is 67.9 Å². The molecule has 8 nitrogen and oxygen atoms in total. The Morgan fingerprint density at radius 3 is 2.09 bits per heavy atom. The summed E-state index contributed by atoms with van der Waals surface area (Å²) in [7, 11) is -2.87. The lowest BCUT2D eigenvalue weighted by Crippen LogP contribution is -2.53. The molecular formula is C35H37ClFN3O5S. The topological polar surface area (TPSA) is 96.0 Å². The maximum atomic E-state index is 14.4. The molecule has 46 heavy (non-hydrogen) atoms. The second-order valence-electron chi connectivity index (χ2n) is 11.2. The number of hydrogen-bond acceptors (Lipinski definition) is 5. The fourth-order valence-corrected chi connectivity index (χ4v) is 6.31. The van der Waals surface area contributed by atoms with Gasteiger partial charge in [0.05, 0.1) is 17.7 Å². The largest absolute Gasteiger partial charge is 0.497 e. The van der Waals surface area contributed by atoms with Crippen LogP contribution in [0.4, 0.5) is 10.1 Å². The van der Waals surface area contributed by atoms with Crippen molar-refractivity contribution in [2.45, 2.75) is 37.8 Å². The zero-order valence-electron chi connectivity index (χ0n) is 25.9. The molecule has 0 aromatic heterocycles. The average molecular weight is 666 g/mol. The quantitative estimate of drug-likeness (QED) is 0.176. The first-order valence-electron chi connectivity index (χ1n) is 14.8. The number of anilines is 1. The molecule has 0 heterocycles. The summed E-state index contributed by atoms with van der Waals surface area (Å²) in [6.07, 6.45) is 0.186. The van der Waals surface area contributed by atoms with E-state index in [2.05, 4.69) is 5.32 Å². The molecule has 0 aliphatic heterocycles. The molecule has 0 fully saturated rings. The Labute approximate surface area is 274 Å². The Bertz CT molecular complexity index is 1700. The monoisotopic (exact) mass is 665 g/mol. The van der Waals surface area contributed by atoms with Gasteiger partial charge in [0.15, 0.2) is 0 Å². The van der Waals surface area contributed by atoms with Crippen molar-refractivity contribution in [1.82, 2.24) is 10.2 Å². The summed E-state index contributed by atoms with van der Waals surface area (Å²) in [5.74, 6) is -0.951. The van der Waals surface area contributed by atoms with Crippen molar-refractivity contribution in [2.75, 3.05) is 24.5 Å². The van der Waals surface area contributed by atoms with Crippen LogP contribution < -0.4 is 14.4 Å². The SMILES string of the molecule is COc1ccc(S(=O)(=O)N(CC(=O)N(Cc2ccc(Cl)cc2)[C@@H](Cc2ccccc2)C(=O)NCC(C)C)c2ccc(F)cc2)cc1. The molecule has 11 heteroatoms. The lowest BCUT2D eigenvalue weighted by molar-refractivity contribution is -0.140. The standard InChI is InChI=1S/C35H37ClFN3O5S/c1-25(2)22-38-35(42)33(21-26-7-5-4-6-8-26)39(23-27-9-11-28(36)12-10-27)34(41)24-40(30-15-13-29(37)14-16-30)46(43,44)32-19-17-31(45-3)18-20-32/h4-20,25,33H,21-24H2,1-3H3,(H,38,42)/t33-/m0/s1. The number of benzene rings is 4. The van der Waals surface area contributed by atoms with Crippen LogP contribution in [0, 0.1) is 11.7 Å². The highest BCUT2D eigenvalue weighted by atomic mass is 35.5. The zero-order chi connectivity index (χ0) is 33.3. The first-order chi connectivity index (χ1) is 22.0. The van der Waals surface area contributed by atoms with Gasteiger partial charge in [-0.15, -0.1) is 0 Å². The van der Waals surface area contributed by atoms with Crippen LogP contribution in [-0.2, 0) is 32.6 Å². The third-order valence-corrected chi connectivity index (χ3v) is 9.30.